The Bertz CT molecular complexity index is 572. The molecule has 5 nitrogen and oxygen atoms in total. The van der Waals surface area contributed by atoms with Crippen LogP contribution in [0.4, 0.5) is 5.82 Å². The van der Waals surface area contributed by atoms with Gasteiger partial charge < -0.3 is 11.5 Å². The molecule has 0 radical (unpaired) electrons. The lowest BCUT2D eigenvalue weighted by molar-refractivity contribution is 0.1000. The highest BCUT2D eigenvalue weighted by Gasteiger charge is 2.12. The number of nitrogen functional groups attached to an aromatic ring is 1. The van der Waals surface area contributed by atoms with Crippen molar-refractivity contribution < 1.29 is 4.79 Å². The number of aryl methyl sites for hydroxylation is 1. The minimum Gasteiger partial charge on any atom is -0.381 e. The molecule has 1 amide bonds. The van der Waals surface area contributed by atoms with Crippen molar-refractivity contribution in [3.63, 3.8) is 0 Å². The van der Waals surface area contributed by atoms with Crippen LogP contribution in [0.2, 0.25) is 5.02 Å². The first-order valence-electron chi connectivity index (χ1n) is 4.90. The largest absolute Gasteiger partial charge is 0.381 e. The van der Waals surface area contributed by atoms with E-state index in [-0.39, 0.29) is 5.82 Å². The van der Waals surface area contributed by atoms with Gasteiger partial charge in [-0.2, -0.15) is 0 Å². The highest BCUT2D eigenvalue weighted by atomic mass is 35.5. The first kappa shape index (κ1) is 11.5. The molecule has 2 aromatic rings. The van der Waals surface area contributed by atoms with Gasteiger partial charge in [0, 0.05) is 0 Å². The Balaban J connectivity index is 2.64. The molecule has 0 fully saturated rings. The maximum atomic E-state index is 11.3. The van der Waals surface area contributed by atoms with E-state index in [0.717, 1.165) is 5.56 Å². The van der Waals surface area contributed by atoms with Crippen molar-refractivity contribution in [1.29, 1.82) is 0 Å². The van der Waals surface area contributed by atoms with Gasteiger partial charge in [-0.1, -0.05) is 17.7 Å². The second-order valence-corrected chi connectivity index (χ2v) is 4.10. The Hall–Kier alpha value is -2.01. The Kier molecular flexibility index (Phi) is 2.77. The average molecular weight is 251 g/mol. The van der Waals surface area contributed by atoms with Crippen molar-refractivity contribution in [3.05, 3.63) is 40.5 Å². The normalized spacial score (nSPS) is 10.5. The number of anilines is 1. The van der Waals surface area contributed by atoms with Crippen molar-refractivity contribution >= 4 is 23.3 Å². The molecule has 88 valence electrons. The van der Waals surface area contributed by atoms with E-state index in [2.05, 4.69) is 5.10 Å². The zero-order chi connectivity index (χ0) is 12.6. The predicted octanol–water partition coefficient (Wildman–Crippen LogP) is 1.52. The molecule has 17 heavy (non-hydrogen) atoms. The van der Waals surface area contributed by atoms with E-state index >= 15 is 0 Å². The van der Waals surface area contributed by atoms with Crippen LogP contribution < -0.4 is 11.5 Å². The molecule has 1 aromatic carbocycles. The Morgan fingerprint density at radius 1 is 1.47 bits per heavy atom. The zero-order valence-corrected chi connectivity index (χ0v) is 9.90. The number of halogens is 1. The molecule has 0 aliphatic rings. The maximum Gasteiger partial charge on any atom is 0.250 e. The van der Waals surface area contributed by atoms with Crippen molar-refractivity contribution in [2.24, 2.45) is 5.73 Å². The summed E-state index contributed by atoms with van der Waals surface area (Å²) in [5.74, 6) is -0.311. The standard InChI is InChI=1S/C11H11ClN4O/c1-6-2-3-7(11(14)17)9(4-6)16-5-8(12)10(13)15-16/h2-5H,1H3,(H2,13,15)(H2,14,17). The van der Waals surface area contributed by atoms with Crippen LogP contribution in [0.5, 0.6) is 0 Å². The number of aromatic nitrogens is 2. The topological polar surface area (TPSA) is 86.9 Å². The van der Waals surface area contributed by atoms with Crippen molar-refractivity contribution in [1.82, 2.24) is 9.78 Å². The third-order valence-corrected chi connectivity index (χ3v) is 2.65. The quantitative estimate of drug-likeness (QED) is 0.847. The van der Waals surface area contributed by atoms with Crippen LogP contribution in [0.15, 0.2) is 24.4 Å². The fourth-order valence-corrected chi connectivity index (χ4v) is 1.66. The van der Waals surface area contributed by atoms with E-state index in [9.17, 15) is 4.79 Å². The number of carbonyl (C=O) groups is 1. The number of amides is 1. The second kappa shape index (κ2) is 4.10. The molecular weight excluding hydrogens is 240 g/mol. The van der Waals surface area contributed by atoms with Gasteiger partial charge in [-0.25, -0.2) is 4.68 Å². The lowest BCUT2D eigenvalue weighted by Crippen LogP contribution is -2.15. The molecule has 0 aliphatic heterocycles. The molecule has 4 N–H and O–H groups in total. The number of benzene rings is 1. The Morgan fingerprint density at radius 2 is 2.18 bits per heavy atom. The molecule has 0 bridgehead atoms. The van der Waals surface area contributed by atoms with Gasteiger partial charge in [0.2, 0.25) is 0 Å². The number of carbonyl (C=O) groups excluding carboxylic acids is 1. The van der Waals surface area contributed by atoms with Crippen LogP contribution >= 0.6 is 11.6 Å². The Morgan fingerprint density at radius 3 is 2.71 bits per heavy atom. The summed E-state index contributed by atoms with van der Waals surface area (Å²) in [6.07, 6.45) is 1.54. The first-order chi connectivity index (χ1) is 7.99. The summed E-state index contributed by atoms with van der Waals surface area (Å²) < 4.78 is 1.45. The predicted molar refractivity (Wildman–Crippen MR) is 66.2 cm³/mol. The summed E-state index contributed by atoms with van der Waals surface area (Å²) in [6.45, 7) is 1.91. The molecule has 0 saturated heterocycles. The molecular formula is C11H11ClN4O. The van der Waals surface area contributed by atoms with Gasteiger partial charge in [-0.3, -0.25) is 4.79 Å². The van der Waals surface area contributed by atoms with Crippen LogP contribution in [0.25, 0.3) is 5.69 Å². The number of nitrogens with two attached hydrogens (primary N) is 2. The summed E-state index contributed by atoms with van der Waals surface area (Å²) in [6, 6.07) is 5.25. The van der Waals surface area contributed by atoms with Gasteiger partial charge in [0.1, 0.15) is 5.02 Å². The van der Waals surface area contributed by atoms with E-state index < -0.39 is 5.91 Å². The SMILES string of the molecule is Cc1ccc(C(N)=O)c(-n2cc(Cl)c(N)n2)c1. The van der Waals surface area contributed by atoms with Gasteiger partial charge in [-0.15, -0.1) is 5.10 Å². The van der Waals surface area contributed by atoms with Gasteiger partial charge >= 0.3 is 0 Å². The average Bonchev–Trinajstić information content (AvgIpc) is 2.58. The third kappa shape index (κ3) is 2.09. The maximum absolute atomic E-state index is 11.3. The van der Waals surface area contributed by atoms with Crippen molar-refractivity contribution in [2.75, 3.05) is 5.73 Å². The Labute approximate surface area is 103 Å². The third-order valence-electron chi connectivity index (χ3n) is 2.36. The van der Waals surface area contributed by atoms with E-state index in [1.807, 2.05) is 6.92 Å². The molecule has 2 rings (SSSR count). The van der Waals surface area contributed by atoms with Gasteiger partial charge in [0.15, 0.2) is 5.82 Å². The summed E-state index contributed by atoms with van der Waals surface area (Å²) in [5.41, 5.74) is 12.8. The van der Waals surface area contributed by atoms with E-state index in [1.165, 1.54) is 10.9 Å². The molecule has 0 spiro atoms. The van der Waals surface area contributed by atoms with Crippen molar-refractivity contribution in [3.8, 4) is 5.69 Å². The zero-order valence-electron chi connectivity index (χ0n) is 9.14. The van der Waals surface area contributed by atoms with E-state index in [0.29, 0.717) is 16.3 Å². The number of primary amides is 1. The van der Waals surface area contributed by atoms with Crippen LogP contribution in [0.3, 0.4) is 0 Å². The van der Waals surface area contributed by atoms with Crippen LogP contribution in [0.1, 0.15) is 15.9 Å². The second-order valence-electron chi connectivity index (χ2n) is 3.69. The molecule has 1 aromatic heterocycles. The molecule has 6 heteroatoms. The summed E-state index contributed by atoms with van der Waals surface area (Å²) >= 11 is 5.83. The highest BCUT2D eigenvalue weighted by molar-refractivity contribution is 6.32. The van der Waals surface area contributed by atoms with E-state index in [4.69, 9.17) is 23.1 Å². The monoisotopic (exact) mass is 250 g/mol. The van der Waals surface area contributed by atoms with Gasteiger partial charge in [-0.05, 0) is 24.6 Å². The van der Waals surface area contributed by atoms with Gasteiger partial charge in [0.05, 0.1) is 17.4 Å². The lowest BCUT2D eigenvalue weighted by Gasteiger charge is -2.07. The molecule has 0 atom stereocenters. The molecule has 0 aliphatic carbocycles. The summed E-state index contributed by atoms with van der Waals surface area (Å²) in [5, 5.41) is 4.35. The fraction of sp³-hybridized carbons (Fsp3) is 0.0909. The summed E-state index contributed by atoms with van der Waals surface area (Å²) in [4.78, 5) is 11.3. The smallest absolute Gasteiger partial charge is 0.250 e. The number of hydrogen-bond donors (Lipinski definition) is 2. The lowest BCUT2D eigenvalue weighted by atomic mass is 10.1. The fourth-order valence-electron chi connectivity index (χ4n) is 1.53. The minimum atomic E-state index is -0.523. The highest BCUT2D eigenvalue weighted by Crippen LogP contribution is 2.21. The van der Waals surface area contributed by atoms with Crippen LogP contribution in [-0.2, 0) is 0 Å². The van der Waals surface area contributed by atoms with Gasteiger partial charge in [0.25, 0.3) is 5.91 Å². The number of rotatable bonds is 2. The van der Waals surface area contributed by atoms with Crippen LogP contribution in [0, 0.1) is 6.92 Å². The molecule has 0 saturated carbocycles. The van der Waals surface area contributed by atoms with Crippen LogP contribution in [-0.4, -0.2) is 15.7 Å². The minimum absolute atomic E-state index is 0.212. The number of hydrogen-bond acceptors (Lipinski definition) is 3. The van der Waals surface area contributed by atoms with Crippen molar-refractivity contribution in [2.45, 2.75) is 6.92 Å². The van der Waals surface area contributed by atoms with E-state index in [1.54, 1.807) is 18.2 Å². The molecule has 0 unspecified atom stereocenters. The first-order valence-corrected chi connectivity index (χ1v) is 5.28. The number of nitrogens with zero attached hydrogens (tertiary/aromatic N) is 2. The summed E-state index contributed by atoms with van der Waals surface area (Å²) in [7, 11) is 0. The molecule has 1 heterocycles.